The SMILES string of the molecule is CC1OC(=O)c2ccc(N)cc21. The monoisotopic (exact) mass is 163 g/mol. The number of nitrogen functional groups attached to an aromatic ring is 1. The minimum absolute atomic E-state index is 0.156. The average molecular weight is 163 g/mol. The van der Waals surface area contributed by atoms with Crippen molar-refractivity contribution < 1.29 is 9.53 Å². The van der Waals surface area contributed by atoms with Crippen molar-refractivity contribution in [3.8, 4) is 0 Å². The zero-order chi connectivity index (χ0) is 8.72. The highest BCUT2D eigenvalue weighted by molar-refractivity contribution is 5.94. The first-order chi connectivity index (χ1) is 5.68. The van der Waals surface area contributed by atoms with E-state index in [1.165, 1.54) is 0 Å². The molecular weight excluding hydrogens is 154 g/mol. The van der Waals surface area contributed by atoms with E-state index in [1.807, 2.05) is 6.92 Å². The van der Waals surface area contributed by atoms with Crippen LogP contribution in [0.2, 0.25) is 0 Å². The summed E-state index contributed by atoms with van der Waals surface area (Å²) in [5, 5.41) is 0. The standard InChI is InChI=1S/C9H9NO2/c1-5-8-4-6(10)2-3-7(8)9(11)12-5/h2-5H,10H2,1H3. The molecule has 3 heteroatoms. The summed E-state index contributed by atoms with van der Waals surface area (Å²) in [4.78, 5) is 11.1. The number of carbonyl (C=O) groups excluding carboxylic acids is 1. The Morgan fingerprint density at radius 1 is 1.50 bits per heavy atom. The highest BCUT2D eigenvalue weighted by Gasteiger charge is 2.27. The molecule has 2 N–H and O–H groups in total. The van der Waals surface area contributed by atoms with Gasteiger partial charge in [-0.1, -0.05) is 0 Å². The summed E-state index contributed by atoms with van der Waals surface area (Å²) in [6, 6.07) is 5.19. The summed E-state index contributed by atoms with van der Waals surface area (Å²) >= 11 is 0. The molecule has 0 spiro atoms. The van der Waals surface area contributed by atoms with Crippen molar-refractivity contribution >= 4 is 11.7 Å². The van der Waals surface area contributed by atoms with Gasteiger partial charge in [0.05, 0.1) is 5.56 Å². The minimum atomic E-state index is -0.252. The first kappa shape index (κ1) is 7.16. The number of hydrogen-bond acceptors (Lipinski definition) is 3. The first-order valence-electron chi connectivity index (χ1n) is 3.79. The Bertz CT molecular complexity index is 346. The lowest BCUT2D eigenvalue weighted by molar-refractivity contribution is 0.0422. The van der Waals surface area contributed by atoms with Crippen LogP contribution in [-0.2, 0) is 4.74 Å². The molecule has 2 rings (SSSR count). The number of ether oxygens (including phenoxy) is 1. The van der Waals surface area contributed by atoms with Crippen LogP contribution in [0.1, 0.15) is 28.9 Å². The van der Waals surface area contributed by atoms with E-state index in [4.69, 9.17) is 10.5 Å². The number of esters is 1. The molecule has 0 radical (unpaired) electrons. The maximum Gasteiger partial charge on any atom is 0.339 e. The largest absolute Gasteiger partial charge is 0.454 e. The van der Waals surface area contributed by atoms with Crippen molar-refractivity contribution in [2.24, 2.45) is 0 Å². The van der Waals surface area contributed by atoms with Gasteiger partial charge in [-0.15, -0.1) is 0 Å². The van der Waals surface area contributed by atoms with Crippen LogP contribution in [0, 0.1) is 0 Å². The Labute approximate surface area is 70.1 Å². The van der Waals surface area contributed by atoms with Crippen LogP contribution in [0.4, 0.5) is 5.69 Å². The molecule has 0 aliphatic carbocycles. The van der Waals surface area contributed by atoms with Gasteiger partial charge in [-0.05, 0) is 25.1 Å². The van der Waals surface area contributed by atoms with Crippen LogP contribution < -0.4 is 5.73 Å². The van der Waals surface area contributed by atoms with E-state index in [1.54, 1.807) is 18.2 Å². The fourth-order valence-electron chi connectivity index (χ4n) is 1.39. The van der Waals surface area contributed by atoms with Gasteiger partial charge in [0.25, 0.3) is 0 Å². The van der Waals surface area contributed by atoms with Crippen LogP contribution in [0.25, 0.3) is 0 Å². The van der Waals surface area contributed by atoms with Gasteiger partial charge in [0.2, 0.25) is 0 Å². The lowest BCUT2D eigenvalue weighted by atomic mass is 10.1. The zero-order valence-electron chi connectivity index (χ0n) is 6.70. The Morgan fingerprint density at radius 2 is 2.25 bits per heavy atom. The number of carbonyl (C=O) groups is 1. The van der Waals surface area contributed by atoms with Crippen molar-refractivity contribution in [3.63, 3.8) is 0 Å². The Morgan fingerprint density at radius 3 is 3.00 bits per heavy atom. The molecule has 0 fully saturated rings. The summed E-state index contributed by atoms with van der Waals surface area (Å²) < 4.78 is 4.99. The normalized spacial score (nSPS) is 20.4. The van der Waals surface area contributed by atoms with E-state index >= 15 is 0 Å². The fraction of sp³-hybridized carbons (Fsp3) is 0.222. The zero-order valence-corrected chi connectivity index (χ0v) is 6.70. The topological polar surface area (TPSA) is 52.3 Å². The molecule has 1 heterocycles. The van der Waals surface area contributed by atoms with Gasteiger partial charge in [-0.2, -0.15) is 0 Å². The molecule has 0 bridgehead atoms. The van der Waals surface area contributed by atoms with Crippen molar-refractivity contribution in [1.82, 2.24) is 0 Å². The lowest BCUT2D eigenvalue weighted by Gasteiger charge is -2.01. The molecule has 1 unspecified atom stereocenters. The van der Waals surface area contributed by atoms with E-state index in [9.17, 15) is 4.79 Å². The van der Waals surface area contributed by atoms with Crippen LogP contribution in [-0.4, -0.2) is 5.97 Å². The average Bonchev–Trinajstić information content (AvgIpc) is 2.28. The Kier molecular flexibility index (Phi) is 1.33. The predicted octanol–water partition coefficient (Wildman–Crippen LogP) is 1.50. The van der Waals surface area contributed by atoms with Crippen LogP contribution in [0.5, 0.6) is 0 Å². The number of nitrogens with two attached hydrogens (primary N) is 1. The van der Waals surface area contributed by atoms with Crippen molar-refractivity contribution in [1.29, 1.82) is 0 Å². The lowest BCUT2D eigenvalue weighted by Crippen LogP contribution is -1.94. The number of benzene rings is 1. The number of anilines is 1. The molecule has 62 valence electrons. The van der Waals surface area contributed by atoms with Gasteiger partial charge in [0, 0.05) is 11.3 Å². The summed E-state index contributed by atoms with van der Waals surface area (Å²) in [6.45, 7) is 1.84. The molecule has 1 aromatic carbocycles. The summed E-state index contributed by atoms with van der Waals surface area (Å²) in [5.41, 5.74) is 7.76. The first-order valence-corrected chi connectivity index (χ1v) is 3.79. The van der Waals surface area contributed by atoms with Crippen molar-refractivity contribution in [3.05, 3.63) is 29.3 Å². The van der Waals surface area contributed by atoms with E-state index in [0.717, 1.165) is 5.56 Å². The van der Waals surface area contributed by atoms with Crippen molar-refractivity contribution in [2.75, 3.05) is 5.73 Å². The summed E-state index contributed by atoms with van der Waals surface area (Å²) in [7, 11) is 0. The smallest absolute Gasteiger partial charge is 0.339 e. The third-order valence-corrected chi connectivity index (χ3v) is 2.02. The Hall–Kier alpha value is -1.51. The highest BCUT2D eigenvalue weighted by atomic mass is 16.5. The molecule has 1 aliphatic rings. The molecule has 0 amide bonds. The number of rotatable bonds is 0. The second-order valence-electron chi connectivity index (χ2n) is 2.89. The molecule has 1 atom stereocenters. The summed E-state index contributed by atoms with van der Waals surface area (Å²) in [5.74, 6) is -0.252. The predicted molar refractivity (Wildman–Crippen MR) is 44.7 cm³/mol. The number of hydrogen-bond donors (Lipinski definition) is 1. The third kappa shape index (κ3) is 0.863. The molecule has 1 aromatic rings. The molecule has 0 saturated heterocycles. The molecule has 3 nitrogen and oxygen atoms in total. The van der Waals surface area contributed by atoms with E-state index < -0.39 is 0 Å². The quantitative estimate of drug-likeness (QED) is 0.465. The minimum Gasteiger partial charge on any atom is -0.454 e. The van der Waals surface area contributed by atoms with Gasteiger partial charge >= 0.3 is 5.97 Å². The van der Waals surface area contributed by atoms with E-state index in [-0.39, 0.29) is 12.1 Å². The fourth-order valence-corrected chi connectivity index (χ4v) is 1.39. The molecule has 12 heavy (non-hydrogen) atoms. The second-order valence-corrected chi connectivity index (χ2v) is 2.89. The second kappa shape index (κ2) is 2.24. The van der Waals surface area contributed by atoms with Crippen LogP contribution >= 0.6 is 0 Å². The maximum atomic E-state index is 11.1. The van der Waals surface area contributed by atoms with E-state index in [2.05, 4.69) is 0 Å². The molecule has 0 aromatic heterocycles. The molecule has 1 aliphatic heterocycles. The van der Waals surface area contributed by atoms with Gasteiger partial charge in [0.15, 0.2) is 0 Å². The van der Waals surface area contributed by atoms with Gasteiger partial charge in [0.1, 0.15) is 6.10 Å². The number of fused-ring (bicyclic) bond motifs is 1. The van der Waals surface area contributed by atoms with Gasteiger partial charge in [-0.25, -0.2) is 4.79 Å². The summed E-state index contributed by atoms with van der Waals surface area (Å²) in [6.07, 6.45) is -0.156. The van der Waals surface area contributed by atoms with Crippen molar-refractivity contribution in [2.45, 2.75) is 13.0 Å². The Balaban J connectivity index is 2.60. The van der Waals surface area contributed by atoms with Gasteiger partial charge < -0.3 is 10.5 Å². The van der Waals surface area contributed by atoms with Crippen LogP contribution in [0.3, 0.4) is 0 Å². The highest BCUT2D eigenvalue weighted by Crippen LogP contribution is 2.31. The third-order valence-electron chi connectivity index (χ3n) is 2.02. The molecular formula is C9H9NO2. The van der Waals surface area contributed by atoms with Crippen LogP contribution in [0.15, 0.2) is 18.2 Å². The number of cyclic esters (lactones) is 1. The maximum absolute atomic E-state index is 11.1. The van der Waals surface area contributed by atoms with E-state index in [0.29, 0.717) is 11.3 Å². The van der Waals surface area contributed by atoms with Gasteiger partial charge in [-0.3, -0.25) is 0 Å². The molecule has 0 saturated carbocycles.